The number of nitrogens with zero attached hydrogens (tertiary/aromatic N) is 2. The van der Waals surface area contributed by atoms with Crippen molar-refractivity contribution < 1.29 is 19.1 Å². The van der Waals surface area contributed by atoms with E-state index in [1.54, 1.807) is 22.7 Å². The van der Waals surface area contributed by atoms with Crippen molar-refractivity contribution in [2.24, 2.45) is 0 Å². The molecule has 1 aromatic carbocycles. The van der Waals surface area contributed by atoms with Crippen molar-refractivity contribution >= 4 is 29.5 Å². The molecule has 4 rings (SSSR count). The van der Waals surface area contributed by atoms with E-state index >= 15 is 0 Å². The molecule has 1 spiro atoms. The van der Waals surface area contributed by atoms with Gasteiger partial charge in [-0.1, -0.05) is 12.1 Å². The van der Waals surface area contributed by atoms with Crippen LogP contribution in [-0.4, -0.2) is 70.4 Å². The van der Waals surface area contributed by atoms with Crippen molar-refractivity contribution in [1.29, 1.82) is 0 Å². The number of likely N-dealkylation sites (tertiary alicyclic amines) is 1. The molecule has 2 fully saturated rings. The van der Waals surface area contributed by atoms with Crippen LogP contribution >= 0.6 is 11.8 Å². The minimum absolute atomic E-state index is 0.0168. The van der Waals surface area contributed by atoms with Crippen LogP contribution in [0.1, 0.15) is 30.1 Å². The highest BCUT2D eigenvalue weighted by atomic mass is 32.2. The number of ether oxygens (including phenoxy) is 1. The molecule has 2 saturated heterocycles. The second-order valence-corrected chi connectivity index (χ2v) is 8.29. The van der Waals surface area contributed by atoms with Gasteiger partial charge in [-0.3, -0.25) is 14.4 Å². The fourth-order valence-corrected chi connectivity index (χ4v) is 5.14. The number of rotatable bonds is 1. The maximum Gasteiger partial charge on any atom is 0.255 e. The van der Waals surface area contributed by atoms with Crippen LogP contribution in [0.5, 0.6) is 5.75 Å². The molecule has 8 heteroatoms. The smallest absolute Gasteiger partial charge is 0.255 e. The molecule has 144 valence electrons. The van der Waals surface area contributed by atoms with Gasteiger partial charge in [0.15, 0.2) is 0 Å². The molecule has 1 unspecified atom stereocenters. The third kappa shape index (κ3) is 3.38. The summed E-state index contributed by atoms with van der Waals surface area (Å²) in [4.78, 5) is 40.4. The van der Waals surface area contributed by atoms with Crippen molar-refractivity contribution in [1.82, 2.24) is 15.1 Å². The molecular weight excluding hydrogens is 366 g/mol. The molecule has 1 N–H and O–H groups in total. The summed E-state index contributed by atoms with van der Waals surface area (Å²) in [5, 5.41) is 2.96. The van der Waals surface area contributed by atoms with Gasteiger partial charge in [-0.05, 0) is 12.1 Å². The zero-order chi connectivity index (χ0) is 19.0. The van der Waals surface area contributed by atoms with Gasteiger partial charge in [-0.15, -0.1) is 11.8 Å². The molecule has 3 amide bonds. The zero-order valence-corrected chi connectivity index (χ0v) is 16.1. The number of nitrogens with one attached hydrogen (secondary N) is 1. The highest BCUT2D eigenvalue weighted by Gasteiger charge is 2.43. The Morgan fingerprint density at radius 3 is 2.74 bits per heavy atom. The van der Waals surface area contributed by atoms with Crippen LogP contribution in [0.4, 0.5) is 0 Å². The van der Waals surface area contributed by atoms with Crippen molar-refractivity contribution in [3.8, 4) is 5.75 Å². The lowest BCUT2D eigenvalue weighted by Crippen LogP contribution is -2.57. The van der Waals surface area contributed by atoms with Crippen LogP contribution in [0.3, 0.4) is 0 Å². The Balaban J connectivity index is 1.45. The summed E-state index contributed by atoms with van der Waals surface area (Å²) in [6.07, 6.45) is 1.29. The first-order valence-corrected chi connectivity index (χ1v) is 10.3. The predicted molar refractivity (Wildman–Crippen MR) is 102 cm³/mol. The van der Waals surface area contributed by atoms with E-state index in [1.165, 1.54) is 6.92 Å². The summed E-state index contributed by atoms with van der Waals surface area (Å²) in [6.45, 7) is 3.06. The first-order chi connectivity index (χ1) is 13.0. The van der Waals surface area contributed by atoms with E-state index < -0.39 is 5.60 Å². The van der Waals surface area contributed by atoms with Gasteiger partial charge in [0.2, 0.25) is 11.8 Å². The first-order valence-electron chi connectivity index (χ1n) is 9.19. The molecule has 3 aliphatic heterocycles. The number of fused-ring (bicyclic) bond motifs is 1. The number of hydrogen-bond acceptors (Lipinski definition) is 5. The summed E-state index contributed by atoms with van der Waals surface area (Å²) < 4.78 is 6.28. The molecule has 27 heavy (non-hydrogen) atoms. The topological polar surface area (TPSA) is 79.0 Å². The number of amides is 3. The Morgan fingerprint density at radius 2 is 2.00 bits per heavy atom. The number of carbonyl (C=O) groups excluding carboxylic acids is 3. The van der Waals surface area contributed by atoms with Gasteiger partial charge in [0, 0.05) is 38.6 Å². The average Bonchev–Trinajstić information content (AvgIpc) is 3.12. The van der Waals surface area contributed by atoms with E-state index in [-0.39, 0.29) is 23.8 Å². The summed E-state index contributed by atoms with van der Waals surface area (Å²) >= 11 is 1.61. The molecule has 0 saturated carbocycles. The van der Waals surface area contributed by atoms with Crippen LogP contribution in [-0.2, 0) is 9.59 Å². The van der Waals surface area contributed by atoms with Gasteiger partial charge in [-0.25, -0.2) is 0 Å². The quantitative estimate of drug-likeness (QED) is 0.778. The van der Waals surface area contributed by atoms with Crippen LogP contribution in [0.25, 0.3) is 0 Å². The zero-order valence-electron chi connectivity index (χ0n) is 15.3. The van der Waals surface area contributed by atoms with Crippen LogP contribution in [0.2, 0.25) is 0 Å². The van der Waals surface area contributed by atoms with Gasteiger partial charge in [0.1, 0.15) is 17.4 Å². The summed E-state index contributed by atoms with van der Waals surface area (Å²) in [7, 11) is 0. The Bertz CT molecular complexity index is 776. The van der Waals surface area contributed by atoms with Crippen molar-refractivity contribution in [2.45, 2.75) is 31.4 Å². The molecule has 0 bridgehead atoms. The molecule has 0 aromatic heterocycles. The Morgan fingerprint density at radius 1 is 1.26 bits per heavy atom. The van der Waals surface area contributed by atoms with Crippen molar-refractivity contribution in [3.63, 3.8) is 0 Å². The number of benzene rings is 1. The average molecular weight is 389 g/mol. The third-order valence-corrected chi connectivity index (χ3v) is 6.60. The number of hydrogen-bond donors (Lipinski definition) is 1. The normalized spacial score (nSPS) is 24.0. The fourth-order valence-electron chi connectivity index (χ4n) is 3.93. The lowest BCUT2D eigenvalue weighted by molar-refractivity contribution is -0.144. The van der Waals surface area contributed by atoms with Gasteiger partial charge in [0.25, 0.3) is 5.91 Å². The van der Waals surface area contributed by atoms with E-state index in [9.17, 15) is 14.4 Å². The fraction of sp³-hybridized carbons (Fsp3) is 0.526. The van der Waals surface area contributed by atoms with Gasteiger partial charge in [0.05, 0.1) is 18.0 Å². The van der Waals surface area contributed by atoms with E-state index in [4.69, 9.17) is 4.74 Å². The molecular formula is C19H23N3O4S. The second kappa shape index (κ2) is 7.07. The molecule has 1 atom stereocenters. The monoisotopic (exact) mass is 389 g/mol. The van der Waals surface area contributed by atoms with E-state index in [1.807, 2.05) is 23.1 Å². The molecule has 1 aromatic rings. The van der Waals surface area contributed by atoms with Gasteiger partial charge >= 0.3 is 0 Å². The van der Waals surface area contributed by atoms with Crippen LogP contribution in [0.15, 0.2) is 24.3 Å². The summed E-state index contributed by atoms with van der Waals surface area (Å²) in [5.41, 5.74) is 0.0527. The van der Waals surface area contributed by atoms with E-state index in [0.29, 0.717) is 55.4 Å². The summed E-state index contributed by atoms with van der Waals surface area (Å²) in [6, 6.07) is 6.90. The largest absolute Gasteiger partial charge is 0.484 e. The molecule has 0 aliphatic carbocycles. The molecule has 3 heterocycles. The predicted octanol–water partition coefficient (Wildman–Crippen LogP) is 1.09. The van der Waals surface area contributed by atoms with Crippen molar-refractivity contribution in [3.05, 3.63) is 29.8 Å². The van der Waals surface area contributed by atoms with Crippen molar-refractivity contribution in [2.75, 3.05) is 31.3 Å². The Kier molecular flexibility index (Phi) is 4.75. The van der Waals surface area contributed by atoms with E-state index in [2.05, 4.69) is 5.32 Å². The minimum Gasteiger partial charge on any atom is -0.484 e. The number of carbonyl (C=O) groups is 3. The molecule has 7 nitrogen and oxygen atoms in total. The number of para-hydroxylation sites is 1. The SMILES string of the molecule is CC(=O)N1CSCC1C(=O)N1CCC2(CC1)CNC(=O)c1ccccc1O2. The number of piperidine rings is 1. The standard InChI is InChI=1S/C19H23N3O4S/c1-13(23)22-12-27-10-15(22)18(25)21-8-6-19(7-9-21)11-20-17(24)14-4-2-3-5-16(14)26-19/h2-5,15H,6-12H2,1H3,(H,20,24). The Hall–Kier alpha value is -2.22. The minimum atomic E-state index is -0.496. The molecule has 3 aliphatic rings. The Labute approximate surface area is 162 Å². The van der Waals surface area contributed by atoms with Crippen LogP contribution < -0.4 is 10.1 Å². The van der Waals surface area contributed by atoms with Gasteiger partial charge in [-0.2, -0.15) is 0 Å². The first kappa shape index (κ1) is 18.2. The lowest BCUT2D eigenvalue weighted by Gasteiger charge is -2.42. The highest BCUT2D eigenvalue weighted by molar-refractivity contribution is 7.99. The maximum atomic E-state index is 12.9. The molecule has 0 radical (unpaired) electrons. The second-order valence-electron chi connectivity index (χ2n) is 7.29. The third-order valence-electron chi connectivity index (χ3n) is 5.59. The maximum absolute atomic E-state index is 12.9. The highest BCUT2D eigenvalue weighted by Crippen LogP contribution is 2.33. The van der Waals surface area contributed by atoms with E-state index in [0.717, 1.165) is 0 Å². The summed E-state index contributed by atoms with van der Waals surface area (Å²) in [5.74, 6) is 1.67. The van der Waals surface area contributed by atoms with Crippen LogP contribution in [0, 0.1) is 0 Å². The number of thioether (sulfide) groups is 1. The van der Waals surface area contributed by atoms with Gasteiger partial charge < -0.3 is 19.9 Å². The lowest BCUT2D eigenvalue weighted by atomic mass is 9.90.